The first-order valence-corrected chi connectivity index (χ1v) is 7.68. The Labute approximate surface area is 111 Å². The van der Waals surface area contributed by atoms with Crippen molar-refractivity contribution in [1.82, 2.24) is 10.2 Å². The number of hydrogen-bond acceptors (Lipinski definition) is 2. The Balaban J connectivity index is 1.68. The van der Waals surface area contributed by atoms with Gasteiger partial charge in [0.2, 0.25) is 5.91 Å². The average molecular weight is 252 g/mol. The van der Waals surface area contributed by atoms with Gasteiger partial charge in [0, 0.05) is 25.6 Å². The lowest BCUT2D eigenvalue weighted by Gasteiger charge is -2.21. The number of carbonyl (C=O) groups excluding carboxylic acids is 1. The fraction of sp³-hybridized carbons (Fsp3) is 0.933. The van der Waals surface area contributed by atoms with Gasteiger partial charge >= 0.3 is 0 Å². The van der Waals surface area contributed by atoms with Crippen molar-refractivity contribution in [3.8, 4) is 0 Å². The summed E-state index contributed by atoms with van der Waals surface area (Å²) < 4.78 is 0. The molecule has 2 fully saturated rings. The Kier molecular flexibility index (Phi) is 5.04. The van der Waals surface area contributed by atoms with Gasteiger partial charge in [0.25, 0.3) is 0 Å². The Bertz CT molecular complexity index is 274. The van der Waals surface area contributed by atoms with Gasteiger partial charge in [-0.15, -0.1) is 0 Å². The van der Waals surface area contributed by atoms with Crippen molar-refractivity contribution in [3.63, 3.8) is 0 Å². The maximum Gasteiger partial charge on any atom is 0.222 e. The van der Waals surface area contributed by atoms with E-state index in [0.717, 1.165) is 50.9 Å². The molecule has 0 aromatic rings. The molecule has 18 heavy (non-hydrogen) atoms. The van der Waals surface area contributed by atoms with Crippen LogP contribution in [0.1, 0.15) is 52.4 Å². The third-order valence-corrected chi connectivity index (χ3v) is 4.41. The number of likely N-dealkylation sites (tertiary alicyclic amines) is 1. The van der Waals surface area contributed by atoms with Crippen LogP contribution in [0.15, 0.2) is 0 Å². The fourth-order valence-electron chi connectivity index (χ4n) is 2.82. The van der Waals surface area contributed by atoms with Gasteiger partial charge in [-0.3, -0.25) is 4.79 Å². The summed E-state index contributed by atoms with van der Waals surface area (Å²) >= 11 is 0. The highest BCUT2D eigenvalue weighted by atomic mass is 16.2. The molecular weight excluding hydrogens is 224 g/mol. The first-order chi connectivity index (χ1) is 8.66. The van der Waals surface area contributed by atoms with E-state index < -0.39 is 0 Å². The second-order valence-corrected chi connectivity index (χ2v) is 6.29. The molecule has 0 aromatic heterocycles. The lowest BCUT2D eigenvalue weighted by Crippen LogP contribution is -2.33. The molecule has 0 radical (unpaired) electrons. The maximum atomic E-state index is 12.0. The Morgan fingerprint density at radius 3 is 2.72 bits per heavy atom. The van der Waals surface area contributed by atoms with Crippen LogP contribution in [0.3, 0.4) is 0 Å². The van der Waals surface area contributed by atoms with Crippen LogP contribution in [0.25, 0.3) is 0 Å². The van der Waals surface area contributed by atoms with Gasteiger partial charge in [0.1, 0.15) is 0 Å². The van der Waals surface area contributed by atoms with Crippen molar-refractivity contribution in [2.24, 2.45) is 11.8 Å². The van der Waals surface area contributed by atoms with Gasteiger partial charge in [0.15, 0.2) is 0 Å². The van der Waals surface area contributed by atoms with E-state index in [1.807, 2.05) is 0 Å². The Morgan fingerprint density at radius 1 is 1.28 bits per heavy atom. The van der Waals surface area contributed by atoms with Crippen molar-refractivity contribution in [1.29, 1.82) is 0 Å². The molecule has 3 heteroatoms. The van der Waals surface area contributed by atoms with E-state index in [4.69, 9.17) is 0 Å². The molecule has 2 aliphatic rings. The summed E-state index contributed by atoms with van der Waals surface area (Å²) in [6.07, 6.45) is 6.84. The van der Waals surface area contributed by atoms with E-state index in [9.17, 15) is 4.79 Å². The quantitative estimate of drug-likeness (QED) is 0.736. The smallest absolute Gasteiger partial charge is 0.222 e. The van der Waals surface area contributed by atoms with Gasteiger partial charge in [0.05, 0.1) is 0 Å². The standard InChI is InChI=1S/C15H28N2O/c1-12(2)13-4-7-15(18)17(11-8-13)10-3-9-16-14-5-6-14/h12-14,16H,3-11H2,1-2H3. The van der Waals surface area contributed by atoms with Gasteiger partial charge in [-0.2, -0.15) is 0 Å². The van der Waals surface area contributed by atoms with Gasteiger partial charge in [-0.25, -0.2) is 0 Å². The van der Waals surface area contributed by atoms with Gasteiger partial charge < -0.3 is 10.2 Å². The lowest BCUT2D eigenvalue weighted by molar-refractivity contribution is -0.130. The number of hydrogen-bond donors (Lipinski definition) is 1. The second kappa shape index (κ2) is 6.55. The normalized spacial score (nSPS) is 25.6. The van der Waals surface area contributed by atoms with Crippen molar-refractivity contribution >= 4 is 5.91 Å². The molecule has 104 valence electrons. The molecule has 1 saturated carbocycles. The summed E-state index contributed by atoms with van der Waals surface area (Å²) in [5.41, 5.74) is 0. The minimum atomic E-state index is 0.379. The largest absolute Gasteiger partial charge is 0.343 e. The molecule has 0 aromatic carbocycles. The number of amides is 1. The molecule has 1 heterocycles. The zero-order valence-corrected chi connectivity index (χ0v) is 12.0. The molecule has 0 bridgehead atoms. The molecule has 1 N–H and O–H groups in total. The van der Waals surface area contributed by atoms with Gasteiger partial charge in [-0.05, 0) is 50.5 Å². The molecule has 1 saturated heterocycles. The van der Waals surface area contributed by atoms with Crippen LogP contribution in [0.5, 0.6) is 0 Å². The van der Waals surface area contributed by atoms with Crippen LogP contribution >= 0.6 is 0 Å². The van der Waals surface area contributed by atoms with E-state index >= 15 is 0 Å². The monoisotopic (exact) mass is 252 g/mol. The van der Waals surface area contributed by atoms with E-state index in [1.54, 1.807) is 0 Å². The van der Waals surface area contributed by atoms with Crippen LogP contribution in [-0.4, -0.2) is 36.5 Å². The highest BCUT2D eigenvalue weighted by Gasteiger charge is 2.24. The zero-order valence-electron chi connectivity index (χ0n) is 12.0. The van der Waals surface area contributed by atoms with Crippen LogP contribution in [0.4, 0.5) is 0 Å². The zero-order chi connectivity index (χ0) is 13.0. The second-order valence-electron chi connectivity index (χ2n) is 6.29. The molecular formula is C15H28N2O. The summed E-state index contributed by atoms with van der Waals surface area (Å²) in [7, 11) is 0. The minimum Gasteiger partial charge on any atom is -0.343 e. The molecule has 0 spiro atoms. The SMILES string of the molecule is CC(C)C1CCC(=O)N(CCCNC2CC2)CC1. The highest BCUT2D eigenvalue weighted by Crippen LogP contribution is 2.25. The van der Waals surface area contributed by atoms with Crippen LogP contribution in [0, 0.1) is 11.8 Å². The van der Waals surface area contributed by atoms with Crippen LogP contribution in [-0.2, 0) is 4.79 Å². The summed E-state index contributed by atoms with van der Waals surface area (Å²) in [5.74, 6) is 1.84. The predicted octanol–water partition coefficient (Wildman–Crippen LogP) is 2.41. The third-order valence-electron chi connectivity index (χ3n) is 4.41. The lowest BCUT2D eigenvalue weighted by atomic mass is 9.89. The Hall–Kier alpha value is -0.570. The third kappa shape index (κ3) is 4.27. The minimum absolute atomic E-state index is 0.379. The van der Waals surface area contributed by atoms with E-state index in [2.05, 4.69) is 24.1 Å². The van der Waals surface area contributed by atoms with E-state index in [-0.39, 0.29) is 0 Å². The van der Waals surface area contributed by atoms with Crippen LogP contribution < -0.4 is 5.32 Å². The highest BCUT2D eigenvalue weighted by molar-refractivity contribution is 5.76. The predicted molar refractivity (Wildman–Crippen MR) is 74.4 cm³/mol. The summed E-state index contributed by atoms with van der Waals surface area (Å²) in [4.78, 5) is 14.1. The van der Waals surface area contributed by atoms with E-state index in [0.29, 0.717) is 11.8 Å². The number of nitrogens with one attached hydrogen (secondary N) is 1. The average Bonchev–Trinajstić information content (AvgIpc) is 3.14. The summed E-state index contributed by atoms with van der Waals surface area (Å²) in [5, 5.41) is 3.52. The first-order valence-electron chi connectivity index (χ1n) is 7.68. The molecule has 1 amide bonds. The van der Waals surface area contributed by atoms with Crippen molar-refractivity contribution < 1.29 is 4.79 Å². The molecule has 1 aliphatic carbocycles. The van der Waals surface area contributed by atoms with Crippen molar-refractivity contribution in [3.05, 3.63) is 0 Å². The Morgan fingerprint density at radius 2 is 2.06 bits per heavy atom. The van der Waals surface area contributed by atoms with Crippen LogP contribution in [0.2, 0.25) is 0 Å². The topological polar surface area (TPSA) is 32.3 Å². The fourth-order valence-corrected chi connectivity index (χ4v) is 2.82. The first kappa shape index (κ1) is 13.9. The number of carbonyl (C=O) groups is 1. The van der Waals surface area contributed by atoms with Crippen molar-refractivity contribution in [2.75, 3.05) is 19.6 Å². The molecule has 1 atom stereocenters. The molecule has 1 aliphatic heterocycles. The number of nitrogens with zero attached hydrogens (tertiary/aromatic N) is 1. The van der Waals surface area contributed by atoms with E-state index in [1.165, 1.54) is 19.3 Å². The summed E-state index contributed by atoms with van der Waals surface area (Å²) in [6.45, 7) is 7.56. The van der Waals surface area contributed by atoms with Crippen molar-refractivity contribution in [2.45, 2.75) is 58.4 Å². The van der Waals surface area contributed by atoms with Gasteiger partial charge in [-0.1, -0.05) is 13.8 Å². The molecule has 3 nitrogen and oxygen atoms in total. The molecule has 2 rings (SSSR count). The summed E-state index contributed by atoms with van der Waals surface area (Å²) in [6, 6.07) is 0.787. The molecule has 1 unspecified atom stereocenters. The maximum absolute atomic E-state index is 12.0. The number of rotatable bonds is 6.